The van der Waals surface area contributed by atoms with Gasteiger partial charge in [-0.1, -0.05) is 50.0 Å². The SMILES string of the molecule is Cc1ccccc1N=Cc1ccc(S[Si](C)(C)C)cc1. The van der Waals surface area contributed by atoms with Gasteiger partial charge in [0.1, 0.15) is 7.22 Å². The molecule has 0 atom stereocenters. The van der Waals surface area contributed by atoms with Crippen LogP contribution in [-0.2, 0) is 0 Å². The first kappa shape index (κ1) is 15.1. The van der Waals surface area contributed by atoms with E-state index in [4.69, 9.17) is 0 Å². The van der Waals surface area contributed by atoms with Gasteiger partial charge in [0.05, 0.1) is 5.69 Å². The topological polar surface area (TPSA) is 12.4 Å². The van der Waals surface area contributed by atoms with E-state index in [1.54, 1.807) is 0 Å². The quantitative estimate of drug-likeness (QED) is 0.523. The van der Waals surface area contributed by atoms with E-state index in [1.165, 1.54) is 10.5 Å². The lowest BCUT2D eigenvalue weighted by Crippen LogP contribution is -2.13. The Morgan fingerprint density at radius 3 is 2.20 bits per heavy atom. The van der Waals surface area contributed by atoms with E-state index >= 15 is 0 Å². The van der Waals surface area contributed by atoms with Crippen LogP contribution in [0, 0.1) is 6.92 Å². The summed E-state index contributed by atoms with van der Waals surface area (Å²) in [4.78, 5) is 5.92. The molecule has 0 aliphatic heterocycles. The summed E-state index contributed by atoms with van der Waals surface area (Å²) in [5, 5.41) is 0. The highest BCUT2D eigenvalue weighted by atomic mass is 32.4. The number of nitrogens with zero attached hydrogens (tertiary/aromatic N) is 1. The Hall–Kier alpha value is -1.32. The predicted molar refractivity (Wildman–Crippen MR) is 94.1 cm³/mol. The lowest BCUT2D eigenvalue weighted by atomic mass is 10.2. The fourth-order valence-corrected chi connectivity index (χ4v) is 5.34. The van der Waals surface area contributed by atoms with E-state index in [0.29, 0.717) is 0 Å². The Kier molecular flexibility index (Phi) is 4.84. The van der Waals surface area contributed by atoms with Gasteiger partial charge in [-0.3, -0.25) is 4.99 Å². The molecule has 2 rings (SSSR count). The molecule has 0 fully saturated rings. The molecule has 0 saturated heterocycles. The fraction of sp³-hybridized carbons (Fsp3) is 0.235. The van der Waals surface area contributed by atoms with Crippen molar-refractivity contribution in [3.05, 3.63) is 59.7 Å². The van der Waals surface area contributed by atoms with Crippen LogP contribution >= 0.6 is 11.2 Å². The van der Waals surface area contributed by atoms with Crippen LogP contribution < -0.4 is 0 Å². The smallest absolute Gasteiger partial charge is 0.114 e. The maximum absolute atomic E-state index is 4.56. The van der Waals surface area contributed by atoms with Crippen molar-refractivity contribution in [1.82, 2.24) is 0 Å². The van der Waals surface area contributed by atoms with Crippen LogP contribution in [0.25, 0.3) is 0 Å². The predicted octanol–water partition coefficient (Wildman–Crippen LogP) is 5.67. The molecule has 104 valence electrons. The van der Waals surface area contributed by atoms with Gasteiger partial charge in [0.25, 0.3) is 0 Å². The van der Waals surface area contributed by atoms with E-state index in [0.717, 1.165) is 11.3 Å². The first-order valence-electron chi connectivity index (χ1n) is 6.83. The largest absolute Gasteiger partial charge is 0.256 e. The van der Waals surface area contributed by atoms with Crippen molar-refractivity contribution < 1.29 is 0 Å². The third kappa shape index (κ3) is 4.65. The number of hydrogen-bond acceptors (Lipinski definition) is 2. The summed E-state index contributed by atoms with van der Waals surface area (Å²) in [5.74, 6) is 0. The molecule has 0 N–H and O–H groups in total. The zero-order valence-corrected chi connectivity index (χ0v) is 14.4. The average Bonchev–Trinajstić information content (AvgIpc) is 2.38. The monoisotopic (exact) mass is 299 g/mol. The first-order chi connectivity index (χ1) is 9.44. The van der Waals surface area contributed by atoms with Crippen LogP contribution in [0.15, 0.2) is 58.4 Å². The van der Waals surface area contributed by atoms with Gasteiger partial charge in [0.2, 0.25) is 0 Å². The molecule has 0 heterocycles. The van der Waals surface area contributed by atoms with E-state index in [-0.39, 0.29) is 0 Å². The van der Waals surface area contributed by atoms with Crippen molar-refractivity contribution in [3.8, 4) is 0 Å². The van der Waals surface area contributed by atoms with Gasteiger partial charge in [-0.2, -0.15) is 11.2 Å². The minimum Gasteiger partial charge on any atom is -0.256 e. The van der Waals surface area contributed by atoms with Gasteiger partial charge in [0.15, 0.2) is 0 Å². The molecule has 0 aliphatic rings. The van der Waals surface area contributed by atoms with Crippen molar-refractivity contribution in [2.24, 2.45) is 4.99 Å². The number of aryl methyl sites for hydroxylation is 1. The first-order valence-corrected chi connectivity index (χ1v) is 11.9. The summed E-state index contributed by atoms with van der Waals surface area (Å²) in [7, 11) is -1.11. The van der Waals surface area contributed by atoms with Crippen molar-refractivity contribution >= 4 is 30.3 Å². The highest BCUT2D eigenvalue weighted by molar-refractivity contribution is 8.28. The molecule has 20 heavy (non-hydrogen) atoms. The zero-order valence-electron chi connectivity index (χ0n) is 12.6. The second kappa shape index (κ2) is 6.42. The van der Waals surface area contributed by atoms with Crippen molar-refractivity contribution in [2.75, 3.05) is 0 Å². The number of para-hydroxylation sites is 1. The van der Waals surface area contributed by atoms with Gasteiger partial charge in [-0.15, -0.1) is 0 Å². The van der Waals surface area contributed by atoms with Crippen molar-refractivity contribution in [1.29, 1.82) is 0 Å². The summed E-state index contributed by atoms with van der Waals surface area (Å²) < 4.78 is 0. The van der Waals surface area contributed by atoms with Gasteiger partial charge in [-0.25, -0.2) is 0 Å². The minimum absolute atomic E-state index is 1.04. The summed E-state index contributed by atoms with van der Waals surface area (Å²) in [6.07, 6.45) is 1.94. The Bertz CT molecular complexity index is 597. The molecule has 0 radical (unpaired) electrons. The number of rotatable bonds is 4. The summed E-state index contributed by atoms with van der Waals surface area (Å²) in [6.45, 7) is 9.18. The van der Waals surface area contributed by atoms with Crippen LogP contribution in [0.5, 0.6) is 0 Å². The molecule has 0 unspecified atom stereocenters. The molecule has 2 aromatic carbocycles. The highest BCUT2D eigenvalue weighted by Crippen LogP contribution is 2.28. The van der Waals surface area contributed by atoms with E-state index < -0.39 is 7.22 Å². The van der Waals surface area contributed by atoms with E-state index in [1.807, 2.05) is 35.6 Å². The Labute approximate surface area is 126 Å². The van der Waals surface area contributed by atoms with Crippen LogP contribution in [0.4, 0.5) is 5.69 Å². The third-order valence-corrected chi connectivity index (χ3v) is 6.44. The van der Waals surface area contributed by atoms with Crippen LogP contribution in [0.1, 0.15) is 11.1 Å². The molecule has 0 saturated carbocycles. The van der Waals surface area contributed by atoms with E-state index in [9.17, 15) is 0 Å². The Balaban J connectivity index is 2.10. The van der Waals surface area contributed by atoms with Crippen LogP contribution in [-0.4, -0.2) is 13.4 Å². The van der Waals surface area contributed by atoms with Gasteiger partial charge in [0, 0.05) is 11.1 Å². The second-order valence-corrected chi connectivity index (χ2v) is 15.0. The lowest BCUT2D eigenvalue weighted by Gasteiger charge is -2.14. The average molecular weight is 300 g/mol. The second-order valence-electron chi connectivity index (χ2n) is 5.83. The molecule has 0 bridgehead atoms. The molecular formula is C17H21NSSi. The molecule has 2 aromatic rings. The molecule has 0 aliphatic carbocycles. The van der Waals surface area contributed by atoms with Crippen molar-refractivity contribution in [3.63, 3.8) is 0 Å². The van der Waals surface area contributed by atoms with Gasteiger partial charge in [-0.05, 0) is 36.2 Å². The lowest BCUT2D eigenvalue weighted by molar-refractivity contribution is 1.40. The molecule has 1 nitrogen and oxygen atoms in total. The van der Waals surface area contributed by atoms with Crippen LogP contribution in [0.2, 0.25) is 19.6 Å². The number of benzene rings is 2. The van der Waals surface area contributed by atoms with Crippen LogP contribution in [0.3, 0.4) is 0 Å². The number of aliphatic imine (C=N–C) groups is 1. The maximum Gasteiger partial charge on any atom is 0.114 e. The summed E-state index contributed by atoms with van der Waals surface area (Å²) >= 11 is 2.02. The third-order valence-electron chi connectivity index (χ3n) is 2.77. The van der Waals surface area contributed by atoms with Gasteiger partial charge >= 0.3 is 0 Å². The molecule has 0 aromatic heterocycles. The maximum atomic E-state index is 4.56. The number of hydrogen-bond donors (Lipinski definition) is 0. The Morgan fingerprint density at radius 2 is 1.60 bits per heavy atom. The summed E-state index contributed by atoms with van der Waals surface area (Å²) in [5.41, 5.74) is 3.39. The fourth-order valence-electron chi connectivity index (χ4n) is 1.83. The standard InChI is InChI=1S/C17H21NSSi/c1-14-7-5-6-8-17(14)18-13-15-9-11-16(12-10-15)19-20(2,3)4/h5-13H,1-4H3. The Morgan fingerprint density at radius 1 is 0.950 bits per heavy atom. The summed E-state index contributed by atoms with van der Waals surface area (Å²) in [6, 6.07) is 16.9. The molecule has 0 spiro atoms. The molecule has 0 amide bonds. The zero-order chi connectivity index (χ0) is 14.6. The minimum atomic E-state index is -1.11. The van der Waals surface area contributed by atoms with E-state index in [2.05, 4.69) is 61.9 Å². The van der Waals surface area contributed by atoms with Crippen molar-refractivity contribution in [2.45, 2.75) is 31.5 Å². The normalized spacial score (nSPS) is 12.0. The molecule has 3 heteroatoms. The van der Waals surface area contributed by atoms with Gasteiger partial charge < -0.3 is 0 Å². The molecular weight excluding hydrogens is 278 g/mol. The highest BCUT2D eigenvalue weighted by Gasteiger charge is 2.14.